The van der Waals surface area contributed by atoms with Crippen LogP contribution < -0.4 is 10.1 Å². The van der Waals surface area contributed by atoms with Crippen LogP contribution in [0.2, 0.25) is 0 Å². The monoisotopic (exact) mass is 391 g/mol. The van der Waals surface area contributed by atoms with Crippen molar-refractivity contribution in [2.45, 2.75) is 27.3 Å². The van der Waals surface area contributed by atoms with Gasteiger partial charge in [-0.1, -0.05) is 12.1 Å². The number of ether oxygens (including phenoxy) is 1. The largest absolute Gasteiger partial charge is 0.494 e. The Balaban J connectivity index is 0.00000361. The number of rotatable bonds is 5. The summed E-state index contributed by atoms with van der Waals surface area (Å²) in [4.78, 5) is 6.59. The molecule has 0 atom stereocenters. The maximum atomic E-state index is 5.67. The molecule has 0 bridgehead atoms. The lowest BCUT2D eigenvalue weighted by atomic mass is 10.1. The highest BCUT2D eigenvalue weighted by Gasteiger charge is 2.05. The number of hydrogen-bond donors (Lipinski definition) is 1. The van der Waals surface area contributed by atoms with Crippen molar-refractivity contribution in [2.24, 2.45) is 4.99 Å². The van der Waals surface area contributed by atoms with Crippen LogP contribution in [0, 0.1) is 6.92 Å². The molecular weight excluding hydrogens is 365 g/mol. The molecule has 0 amide bonds. The van der Waals surface area contributed by atoms with Gasteiger partial charge in [0.05, 0.1) is 13.2 Å². The minimum atomic E-state index is 0. The van der Waals surface area contributed by atoms with Crippen LogP contribution >= 0.6 is 24.0 Å². The third-order valence-corrected chi connectivity index (χ3v) is 2.68. The van der Waals surface area contributed by atoms with Gasteiger partial charge in [-0.2, -0.15) is 0 Å². The lowest BCUT2D eigenvalue weighted by Crippen LogP contribution is -2.36. The molecule has 0 aliphatic heterocycles. The molecular formula is C15H26IN3O. The normalized spacial score (nSPS) is 10.8. The highest BCUT2D eigenvalue weighted by Crippen LogP contribution is 2.21. The Morgan fingerprint density at radius 3 is 2.55 bits per heavy atom. The lowest BCUT2D eigenvalue weighted by molar-refractivity contribution is 0.336. The van der Waals surface area contributed by atoms with E-state index in [0.717, 1.165) is 23.8 Å². The van der Waals surface area contributed by atoms with E-state index in [1.165, 1.54) is 5.56 Å². The van der Waals surface area contributed by atoms with Crippen molar-refractivity contribution in [1.82, 2.24) is 10.2 Å². The summed E-state index contributed by atoms with van der Waals surface area (Å²) in [5.74, 6) is 1.83. The fraction of sp³-hybridized carbons (Fsp3) is 0.533. The second-order valence-corrected chi connectivity index (χ2v) is 4.61. The SMILES string of the molecule is CCNC(=NCc1ccc(C)cc1OCC)N(C)C.I. The Labute approximate surface area is 139 Å². The van der Waals surface area contributed by atoms with Gasteiger partial charge >= 0.3 is 0 Å². The van der Waals surface area contributed by atoms with Gasteiger partial charge in [-0.25, -0.2) is 4.99 Å². The molecule has 5 heteroatoms. The smallest absolute Gasteiger partial charge is 0.193 e. The van der Waals surface area contributed by atoms with E-state index in [1.807, 2.05) is 25.9 Å². The first-order valence-corrected chi connectivity index (χ1v) is 6.76. The second-order valence-electron chi connectivity index (χ2n) is 4.61. The highest BCUT2D eigenvalue weighted by molar-refractivity contribution is 14.0. The standard InChI is InChI=1S/C15H25N3O.HI/c1-6-16-15(18(4)5)17-11-13-9-8-12(3)10-14(13)19-7-2;/h8-10H,6-7,11H2,1-5H3,(H,16,17);1H. The molecule has 20 heavy (non-hydrogen) atoms. The fourth-order valence-corrected chi connectivity index (χ4v) is 1.76. The minimum Gasteiger partial charge on any atom is -0.494 e. The molecule has 1 rings (SSSR count). The van der Waals surface area contributed by atoms with Crippen molar-refractivity contribution < 1.29 is 4.74 Å². The topological polar surface area (TPSA) is 36.9 Å². The molecule has 0 spiro atoms. The van der Waals surface area contributed by atoms with E-state index >= 15 is 0 Å². The van der Waals surface area contributed by atoms with E-state index in [9.17, 15) is 0 Å². The summed E-state index contributed by atoms with van der Waals surface area (Å²) >= 11 is 0. The molecule has 114 valence electrons. The summed E-state index contributed by atoms with van der Waals surface area (Å²) in [5.41, 5.74) is 2.32. The highest BCUT2D eigenvalue weighted by atomic mass is 127. The predicted molar refractivity (Wildman–Crippen MR) is 96.3 cm³/mol. The van der Waals surface area contributed by atoms with Gasteiger partial charge in [0, 0.05) is 26.2 Å². The third kappa shape index (κ3) is 5.98. The van der Waals surface area contributed by atoms with Crippen LogP contribution in [-0.4, -0.2) is 38.1 Å². The average Bonchev–Trinajstić information content (AvgIpc) is 2.36. The van der Waals surface area contributed by atoms with E-state index in [0.29, 0.717) is 13.2 Å². The van der Waals surface area contributed by atoms with Gasteiger partial charge < -0.3 is 15.0 Å². The zero-order valence-electron chi connectivity index (χ0n) is 13.1. The summed E-state index contributed by atoms with van der Waals surface area (Å²) in [6.45, 7) is 8.29. The van der Waals surface area contributed by atoms with Crippen molar-refractivity contribution in [3.8, 4) is 5.75 Å². The van der Waals surface area contributed by atoms with Crippen LogP contribution in [0.15, 0.2) is 23.2 Å². The third-order valence-electron chi connectivity index (χ3n) is 2.68. The van der Waals surface area contributed by atoms with Crippen LogP contribution in [-0.2, 0) is 6.54 Å². The Bertz CT molecular complexity index is 433. The number of hydrogen-bond acceptors (Lipinski definition) is 2. The maximum Gasteiger partial charge on any atom is 0.193 e. The van der Waals surface area contributed by atoms with E-state index in [1.54, 1.807) is 0 Å². The molecule has 0 heterocycles. The molecule has 1 N–H and O–H groups in total. The van der Waals surface area contributed by atoms with E-state index in [2.05, 4.69) is 42.4 Å². The number of aliphatic imine (C=N–C) groups is 1. The average molecular weight is 391 g/mol. The van der Waals surface area contributed by atoms with Gasteiger partial charge in [-0.15, -0.1) is 24.0 Å². The van der Waals surface area contributed by atoms with Crippen molar-refractivity contribution in [3.63, 3.8) is 0 Å². The first-order valence-electron chi connectivity index (χ1n) is 6.76. The van der Waals surface area contributed by atoms with Gasteiger partial charge in [-0.05, 0) is 32.4 Å². The van der Waals surface area contributed by atoms with Crippen molar-refractivity contribution in [3.05, 3.63) is 29.3 Å². The summed E-state index contributed by atoms with van der Waals surface area (Å²) < 4.78 is 5.67. The van der Waals surface area contributed by atoms with Crippen LogP contribution in [0.1, 0.15) is 25.0 Å². The van der Waals surface area contributed by atoms with Gasteiger partial charge in [0.2, 0.25) is 0 Å². The molecule has 0 unspecified atom stereocenters. The van der Waals surface area contributed by atoms with Gasteiger partial charge in [0.15, 0.2) is 5.96 Å². The van der Waals surface area contributed by atoms with Crippen LogP contribution in [0.4, 0.5) is 0 Å². The maximum absolute atomic E-state index is 5.67. The van der Waals surface area contributed by atoms with Crippen LogP contribution in [0.5, 0.6) is 5.75 Å². The molecule has 0 aliphatic rings. The van der Waals surface area contributed by atoms with E-state index < -0.39 is 0 Å². The van der Waals surface area contributed by atoms with E-state index in [-0.39, 0.29) is 24.0 Å². The zero-order chi connectivity index (χ0) is 14.3. The molecule has 0 aromatic heterocycles. The molecule has 0 saturated carbocycles. The molecule has 0 saturated heterocycles. The van der Waals surface area contributed by atoms with Crippen molar-refractivity contribution >= 4 is 29.9 Å². The number of benzene rings is 1. The number of nitrogens with zero attached hydrogens (tertiary/aromatic N) is 2. The minimum absolute atomic E-state index is 0. The van der Waals surface area contributed by atoms with Gasteiger partial charge in [-0.3, -0.25) is 0 Å². The first-order chi connectivity index (χ1) is 9.08. The molecule has 0 radical (unpaired) electrons. The number of aryl methyl sites for hydroxylation is 1. The molecule has 1 aromatic rings. The summed E-state index contributed by atoms with van der Waals surface area (Å²) in [6, 6.07) is 6.25. The molecule has 4 nitrogen and oxygen atoms in total. The Morgan fingerprint density at radius 1 is 1.30 bits per heavy atom. The fourth-order valence-electron chi connectivity index (χ4n) is 1.76. The van der Waals surface area contributed by atoms with Gasteiger partial charge in [0.1, 0.15) is 5.75 Å². The Hall–Kier alpha value is -0.980. The summed E-state index contributed by atoms with van der Waals surface area (Å²) in [5, 5.41) is 3.25. The summed E-state index contributed by atoms with van der Waals surface area (Å²) in [6.07, 6.45) is 0. The molecule has 1 aromatic carbocycles. The first kappa shape index (κ1) is 19.0. The lowest BCUT2D eigenvalue weighted by Gasteiger charge is -2.17. The predicted octanol–water partition coefficient (Wildman–Crippen LogP) is 3.04. The summed E-state index contributed by atoms with van der Waals surface area (Å²) in [7, 11) is 3.97. The van der Waals surface area contributed by atoms with Crippen LogP contribution in [0.25, 0.3) is 0 Å². The van der Waals surface area contributed by atoms with Crippen molar-refractivity contribution in [2.75, 3.05) is 27.2 Å². The zero-order valence-corrected chi connectivity index (χ0v) is 15.4. The quantitative estimate of drug-likeness (QED) is 0.476. The molecule has 0 fully saturated rings. The second kappa shape index (κ2) is 9.85. The Morgan fingerprint density at radius 2 is 2.00 bits per heavy atom. The van der Waals surface area contributed by atoms with E-state index in [4.69, 9.17) is 4.74 Å². The molecule has 0 aliphatic carbocycles. The van der Waals surface area contributed by atoms with Crippen LogP contribution in [0.3, 0.4) is 0 Å². The van der Waals surface area contributed by atoms with Gasteiger partial charge in [0.25, 0.3) is 0 Å². The number of halogens is 1. The Kier molecular flexibility index (Phi) is 9.37. The number of guanidine groups is 1. The number of nitrogens with one attached hydrogen (secondary N) is 1. The van der Waals surface area contributed by atoms with Crippen molar-refractivity contribution in [1.29, 1.82) is 0 Å².